The van der Waals surface area contributed by atoms with Gasteiger partial charge in [-0.1, -0.05) is 30.9 Å². The standard InChI is InChI=1S/C15H19ClN2O/c16-14-12(9-10-5-4-8-13(10)18-14)15(19)17-11-6-2-1-3-7-11/h9,11H,1-8H2,(H,17,19). The maximum atomic E-state index is 12.3. The zero-order valence-electron chi connectivity index (χ0n) is 11.0. The first-order valence-electron chi connectivity index (χ1n) is 7.23. The van der Waals surface area contributed by atoms with E-state index in [1.807, 2.05) is 6.07 Å². The molecule has 2 aliphatic carbocycles. The molecule has 4 heteroatoms. The number of hydrogen-bond acceptors (Lipinski definition) is 2. The van der Waals surface area contributed by atoms with E-state index in [0.29, 0.717) is 16.8 Å². The van der Waals surface area contributed by atoms with Crippen molar-refractivity contribution in [2.45, 2.75) is 57.4 Å². The highest BCUT2D eigenvalue weighted by Crippen LogP contribution is 2.26. The molecule has 1 heterocycles. The van der Waals surface area contributed by atoms with Crippen LogP contribution in [-0.2, 0) is 12.8 Å². The topological polar surface area (TPSA) is 42.0 Å². The number of aryl methyl sites for hydroxylation is 2. The fourth-order valence-corrected chi connectivity index (χ4v) is 3.36. The molecule has 0 spiro atoms. The molecule has 3 rings (SSSR count). The third-order valence-electron chi connectivity index (χ3n) is 4.19. The molecule has 0 unspecified atom stereocenters. The van der Waals surface area contributed by atoms with Gasteiger partial charge in [0.05, 0.1) is 5.56 Å². The predicted octanol–water partition coefficient (Wildman–Crippen LogP) is 3.29. The monoisotopic (exact) mass is 278 g/mol. The van der Waals surface area contributed by atoms with Gasteiger partial charge in [-0.15, -0.1) is 0 Å². The summed E-state index contributed by atoms with van der Waals surface area (Å²) in [4.78, 5) is 16.7. The first kappa shape index (κ1) is 12.9. The largest absolute Gasteiger partial charge is 0.349 e. The lowest BCUT2D eigenvalue weighted by molar-refractivity contribution is 0.0927. The average Bonchev–Trinajstić information content (AvgIpc) is 2.86. The number of fused-ring (bicyclic) bond motifs is 1. The molecule has 1 fully saturated rings. The zero-order chi connectivity index (χ0) is 13.2. The van der Waals surface area contributed by atoms with E-state index in [2.05, 4.69) is 10.3 Å². The lowest BCUT2D eigenvalue weighted by Gasteiger charge is -2.23. The number of hydrogen-bond donors (Lipinski definition) is 1. The molecule has 19 heavy (non-hydrogen) atoms. The van der Waals surface area contributed by atoms with Crippen molar-refractivity contribution in [3.8, 4) is 0 Å². The summed E-state index contributed by atoms with van der Waals surface area (Å²) in [6.45, 7) is 0. The first-order chi connectivity index (χ1) is 9.24. The van der Waals surface area contributed by atoms with Gasteiger partial charge in [-0.3, -0.25) is 4.79 Å². The third-order valence-corrected chi connectivity index (χ3v) is 4.48. The van der Waals surface area contributed by atoms with Gasteiger partial charge in [0.2, 0.25) is 0 Å². The minimum atomic E-state index is -0.0564. The molecule has 3 nitrogen and oxygen atoms in total. The Morgan fingerprint density at radius 3 is 2.79 bits per heavy atom. The van der Waals surface area contributed by atoms with Crippen LogP contribution in [0.15, 0.2) is 6.07 Å². The van der Waals surface area contributed by atoms with Crippen LogP contribution in [0.4, 0.5) is 0 Å². The number of halogens is 1. The van der Waals surface area contributed by atoms with Crippen molar-refractivity contribution in [3.63, 3.8) is 0 Å². The fourth-order valence-electron chi connectivity index (χ4n) is 3.12. The van der Waals surface area contributed by atoms with Crippen LogP contribution in [0.3, 0.4) is 0 Å². The van der Waals surface area contributed by atoms with Crippen LogP contribution in [-0.4, -0.2) is 16.9 Å². The van der Waals surface area contributed by atoms with E-state index in [1.54, 1.807) is 0 Å². The summed E-state index contributed by atoms with van der Waals surface area (Å²) in [5.41, 5.74) is 2.81. The normalized spacial score (nSPS) is 19.2. The number of carbonyl (C=O) groups excluding carboxylic acids is 1. The second-order valence-electron chi connectivity index (χ2n) is 5.59. The summed E-state index contributed by atoms with van der Waals surface area (Å²) in [5, 5.41) is 3.46. The Morgan fingerprint density at radius 1 is 1.21 bits per heavy atom. The minimum absolute atomic E-state index is 0.0564. The molecule has 1 saturated carbocycles. The maximum absolute atomic E-state index is 12.3. The van der Waals surface area contributed by atoms with E-state index in [0.717, 1.165) is 37.8 Å². The molecule has 1 amide bonds. The predicted molar refractivity (Wildman–Crippen MR) is 75.6 cm³/mol. The third kappa shape index (κ3) is 2.76. The van der Waals surface area contributed by atoms with Crippen molar-refractivity contribution in [2.75, 3.05) is 0 Å². The maximum Gasteiger partial charge on any atom is 0.254 e. The molecule has 1 aromatic rings. The van der Waals surface area contributed by atoms with Crippen LogP contribution in [0, 0.1) is 0 Å². The van der Waals surface area contributed by atoms with Gasteiger partial charge in [0, 0.05) is 11.7 Å². The van der Waals surface area contributed by atoms with Crippen molar-refractivity contribution in [1.82, 2.24) is 10.3 Å². The molecule has 0 aromatic carbocycles. The number of rotatable bonds is 2. The molecule has 1 aromatic heterocycles. The minimum Gasteiger partial charge on any atom is -0.349 e. The second-order valence-corrected chi connectivity index (χ2v) is 5.95. The smallest absolute Gasteiger partial charge is 0.254 e. The van der Waals surface area contributed by atoms with Crippen molar-refractivity contribution in [1.29, 1.82) is 0 Å². The highest BCUT2D eigenvalue weighted by molar-refractivity contribution is 6.32. The van der Waals surface area contributed by atoms with E-state index in [4.69, 9.17) is 11.6 Å². The van der Waals surface area contributed by atoms with Crippen LogP contribution in [0.5, 0.6) is 0 Å². The molecule has 0 saturated heterocycles. The van der Waals surface area contributed by atoms with Gasteiger partial charge in [-0.05, 0) is 43.7 Å². The summed E-state index contributed by atoms with van der Waals surface area (Å²) in [5.74, 6) is -0.0564. The van der Waals surface area contributed by atoms with Crippen molar-refractivity contribution in [2.24, 2.45) is 0 Å². The Balaban J connectivity index is 1.75. The number of carbonyl (C=O) groups is 1. The molecule has 0 aliphatic heterocycles. The lowest BCUT2D eigenvalue weighted by Crippen LogP contribution is -2.36. The van der Waals surface area contributed by atoms with E-state index in [9.17, 15) is 4.79 Å². The van der Waals surface area contributed by atoms with Crippen LogP contribution in [0.2, 0.25) is 5.15 Å². The molecule has 2 aliphatic rings. The van der Waals surface area contributed by atoms with E-state index >= 15 is 0 Å². The average molecular weight is 279 g/mol. The Hall–Kier alpha value is -1.09. The van der Waals surface area contributed by atoms with Gasteiger partial charge >= 0.3 is 0 Å². The van der Waals surface area contributed by atoms with Crippen LogP contribution in [0.1, 0.15) is 60.1 Å². The Morgan fingerprint density at radius 2 is 2.00 bits per heavy atom. The van der Waals surface area contributed by atoms with Crippen molar-refractivity contribution < 1.29 is 4.79 Å². The van der Waals surface area contributed by atoms with Gasteiger partial charge in [0.15, 0.2) is 0 Å². The second kappa shape index (κ2) is 5.49. The van der Waals surface area contributed by atoms with Crippen molar-refractivity contribution in [3.05, 3.63) is 28.0 Å². The molecule has 0 bridgehead atoms. The summed E-state index contributed by atoms with van der Waals surface area (Å²) >= 11 is 6.15. The highest BCUT2D eigenvalue weighted by atomic mass is 35.5. The zero-order valence-corrected chi connectivity index (χ0v) is 11.8. The van der Waals surface area contributed by atoms with Crippen LogP contribution >= 0.6 is 11.6 Å². The van der Waals surface area contributed by atoms with Crippen molar-refractivity contribution >= 4 is 17.5 Å². The Bertz CT molecular complexity index is 495. The Kier molecular flexibility index (Phi) is 3.74. The molecular formula is C15H19ClN2O. The van der Waals surface area contributed by atoms with Gasteiger partial charge in [-0.2, -0.15) is 0 Å². The molecular weight excluding hydrogens is 260 g/mol. The van der Waals surface area contributed by atoms with Gasteiger partial charge in [0.25, 0.3) is 5.91 Å². The molecule has 1 N–H and O–H groups in total. The first-order valence-corrected chi connectivity index (χ1v) is 7.61. The fraction of sp³-hybridized carbons (Fsp3) is 0.600. The van der Waals surface area contributed by atoms with E-state index in [1.165, 1.54) is 24.8 Å². The highest BCUT2D eigenvalue weighted by Gasteiger charge is 2.22. The van der Waals surface area contributed by atoms with Gasteiger partial charge < -0.3 is 5.32 Å². The van der Waals surface area contributed by atoms with Crippen LogP contribution < -0.4 is 5.32 Å². The van der Waals surface area contributed by atoms with Gasteiger partial charge in [-0.25, -0.2) is 4.98 Å². The summed E-state index contributed by atoms with van der Waals surface area (Å²) in [7, 11) is 0. The van der Waals surface area contributed by atoms with E-state index < -0.39 is 0 Å². The molecule has 102 valence electrons. The lowest BCUT2D eigenvalue weighted by atomic mass is 9.95. The number of nitrogens with zero attached hydrogens (tertiary/aromatic N) is 1. The Labute approximate surface area is 118 Å². The SMILES string of the molecule is O=C(NC1CCCCC1)c1cc2c(nc1Cl)CCC2. The number of aromatic nitrogens is 1. The number of nitrogens with one attached hydrogen (secondary N) is 1. The summed E-state index contributed by atoms with van der Waals surface area (Å²) in [6.07, 6.45) is 8.99. The quantitative estimate of drug-likeness (QED) is 0.844. The molecule has 0 radical (unpaired) electrons. The number of amides is 1. The van der Waals surface area contributed by atoms with Crippen LogP contribution in [0.25, 0.3) is 0 Å². The van der Waals surface area contributed by atoms with Gasteiger partial charge in [0.1, 0.15) is 5.15 Å². The number of pyridine rings is 1. The molecule has 0 atom stereocenters. The summed E-state index contributed by atoms with van der Waals surface area (Å²) < 4.78 is 0. The summed E-state index contributed by atoms with van der Waals surface area (Å²) in [6, 6.07) is 2.25. The van der Waals surface area contributed by atoms with E-state index in [-0.39, 0.29) is 5.91 Å².